The van der Waals surface area contributed by atoms with Crippen LogP contribution in [0.25, 0.3) is 0 Å². The summed E-state index contributed by atoms with van der Waals surface area (Å²) in [6.07, 6.45) is -4.09. The number of ether oxygens (including phenoxy) is 1. The van der Waals surface area contributed by atoms with Crippen molar-refractivity contribution in [3.05, 3.63) is 0 Å². The predicted octanol–water partition coefficient (Wildman–Crippen LogP) is -0.168. The van der Waals surface area contributed by atoms with Gasteiger partial charge < -0.3 is 4.74 Å². The van der Waals surface area contributed by atoms with Crippen LogP contribution in [0, 0.1) is 0 Å². The topological polar surface area (TPSA) is 43.4 Å². The van der Waals surface area contributed by atoms with Gasteiger partial charge in [-0.15, -0.1) is 0 Å². The molecule has 0 aliphatic carbocycles. The van der Waals surface area contributed by atoms with Gasteiger partial charge in [-0.2, -0.15) is 0 Å². The molecule has 15 heavy (non-hydrogen) atoms. The SMILES string of the molecule is CC(F)(OC1CCS(=O)(=O)C1[SiH3])C(F)F. The quantitative estimate of drug-likeness (QED) is 0.663. The first-order valence-corrected chi connectivity index (χ1v) is 7.40. The van der Waals surface area contributed by atoms with E-state index in [4.69, 9.17) is 0 Å². The molecule has 3 nitrogen and oxygen atoms in total. The molecule has 0 N–H and O–H groups in total. The molecule has 1 saturated heterocycles. The zero-order valence-corrected chi connectivity index (χ0v) is 11.2. The largest absolute Gasteiger partial charge is 0.337 e. The standard InChI is InChI=1S/C7H13F3O3SSi/c1-7(10,6(8)9)13-4-2-3-14(11,12)5(4)15/h4-6H,2-3H2,1,15H3. The van der Waals surface area contributed by atoms with E-state index in [0.29, 0.717) is 6.92 Å². The molecule has 1 fully saturated rings. The Morgan fingerprint density at radius 1 is 1.53 bits per heavy atom. The van der Waals surface area contributed by atoms with Crippen molar-refractivity contribution in [2.24, 2.45) is 0 Å². The third-order valence-corrected chi connectivity index (χ3v) is 7.69. The summed E-state index contributed by atoms with van der Waals surface area (Å²) in [7, 11) is -2.99. The second kappa shape index (κ2) is 4.06. The summed E-state index contributed by atoms with van der Waals surface area (Å²) in [4.78, 5) is -0.786. The van der Waals surface area contributed by atoms with E-state index in [0.717, 1.165) is 0 Å². The second-order valence-electron chi connectivity index (χ2n) is 3.80. The van der Waals surface area contributed by atoms with Gasteiger partial charge in [-0.25, -0.2) is 21.6 Å². The molecular formula is C7H13F3O3SSi. The van der Waals surface area contributed by atoms with Crippen LogP contribution in [0.15, 0.2) is 0 Å². The molecule has 0 spiro atoms. The molecule has 8 heteroatoms. The van der Waals surface area contributed by atoms with Gasteiger partial charge in [0.2, 0.25) is 0 Å². The summed E-state index contributed by atoms with van der Waals surface area (Å²) in [5.74, 6) is -3.17. The van der Waals surface area contributed by atoms with Gasteiger partial charge in [0.05, 0.1) is 16.7 Å². The fraction of sp³-hybridized carbons (Fsp3) is 1.00. The minimum absolute atomic E-state index is 0.0999. The molecule has 0 bridgehead atoms. The minimum Gasteiger partial charge on any atom is -0.337 e. The van der Waals surface area contributed by atoms with E-state index in [2.05, 4.69) is 4.74 Å². The van der Waals surface area contributed by atoms with E-state index in [-0.39, 0.29) is 22.4 Å². The van der Waals surface area contributed by atoms with Crippen LogP contribution in [0.1, 0.15) is 13.3 Å². The number of halogens is 3. The molecular weight excluding hydrogens is 249 g/mol. The average Bonchev–Trinajstić information content (AvgIpc) is 2.31. The fourth-order valence-electron chi connectivity index (χ4n) is 1.43. The Hall–Kier alpha value is -0.0831. The third-order valence-electron chi connectivity index (χ3n) is 2.55. The molecule has 0 amide bonds. The van der Waals surface area contributed by atoms with Gasteiger partial charge in [-0.1, -0.05) is 0 Å². The van der Waals surface area contributed by atoms with Crippen molar-refractivity contribution in [2.45, 2.75) is 36.6 Å². The van der Waals surface area contributed by atoms with E-state index in [9.17, 15) is 21.6 Å². The van der Waals surface area contributed by atoms with Gasteiger partial charge >= 0.3 is 0 Å². The third kappa shape index (κ3) is 2.73. The van der Waals surface area contributed by atoms with E-state index in [1.54, 1.807) is 0 Å². The molecule has 0 aromatic heterocycles. The lowest BCUT2D eigenvalue weighted by atomic mass is 10.3. The second-order valence-corrected chi connectivity index (χ2v) is 8.36. The lowest BCUT2D eigenvalue weighted by molar-refractivity contribution is -0.229. The van der Waals surface area contributed by atoms with Crippen LogP contribution >= 0.6 is 0 Å². The van der Waals surface area contributed by atoms with Crippen molar-refractivity contribution < 1.29 is 26.3 Å². The fourth-order valence-corrected chi connectivity index (χ4v) is 4.20. The summed E-state index contributed by atoms with van der Waals surface area (Å²) in [5.41, 5.74) is 0. The normalized spacial score (nSPS) is 34.5. The van der Waals surface area contributed by atoms with Gasteiger partial charge in [-0.05, 0) is 6.42 Å². The van der Waals surface area contributed by atoms with Crippen molar-refractivity contribution in [3.63, 3.8) is 0 Å². The van der Waals surface area contributed by atoms with Crippen LogP contribution < -0.4 is 0 Å². The van der Waals surface area contributed by atoms with Gasteiger partial charge in [0.25, 0.3) is 12.3 Å². The highest BCUT2D eigenvalue weighted by molar-refractivity contribution is 7.93. The van der Waals surface area contributed by atoms with Crippen LogP contribution in [0.2, 0.25) is 0 Å². The molecule has 90 valence electrons. The molecule has 0 saturated carbocycles. The first-order chi connectivity index (χ1) is 6.67. The number of hydrogen-bond acceptors (Lipinski definition) is 3. The highest BCUT2D eigenvalue weighted by Gasteiger charge is 2.45. The Balaban J connectivity index is 2.70. The summed E-state index contributed by atoms with van der Waals surface area (Å²) < 4.78 is 64.5. The van der Waals surface area contributed by atoms with E-state index < -0.39 is 33.1 Å². The predicted molar refractivity (Wildman–Crippen MR) is 52.5 cm³/mol. The lowest BCUT2D eigenvalue weighted by Gasteiger charge is -2.25. The summed E-state index contributed by atoms with van der Waals surface area (Å²) in [5, 5.41) is 0. The first kappa shape index (κ1) is 13.0. The van der Waals surface area contributed by atoms with Crippen LogP contribution in [0.5, 0.6) is 0 Å². The Labute approximate surface area is 89.3 Å². The van der Waals surface area contributed by atoms with Crippen molar-refractivity contribution in [3.8, 4) is 0 Å². The Morgan fingerprint density at radius 2 is 2.07 bits per heavy atom. The minimum atomic E-state index is -3.27. The van der Waals surface area contributed by atoms with E-state index >= 15 is 0 Å². The first-order valence-electron chi connectivity index (χ1n) is 4.53. The molecule has 1 heterocycles. The molecule has 0 radical (unpaired) electrons. The molecule has 1 aliphatic rings. The highest BCUT2D eigenvalue weighted by atomic mass is 32.2. The van der Waals surface area contributed by atoms with Crippen LogP contribution in [-0.2, 0) is 14.6 Å². The molecule has 1 rings (SSSR count). The van der Waals surface area contributed by atoms with Gasteiger partial charge in [0, 0.05) is 17.2 Å². The molecule has 3 unspecified atom stereocenters. The van der Waals surface area contributed by atoms with Crippen LogP contribution in [-0.4, -0.2) is 47.7 Å². The number of rotatable bonds is 3. The Bertz CT molecular complexity index is 330. The van der Waals surface area contributed by atoms with E-state index in [1.807, 2.05) is 0 Å². The highest BCUT2D eigenvalue weighted by Crippen LogP contribution is 2.30. The van der Waals surface area contributed by atoms with Crippen molar-refractivity contribution in [1.82, 2.24) is 0 Å². The van der Waals surface area contributed by atoms with Crippen molar-refractivity contribution in [2.75, 3.05) is 5.75 Å². The monoisotopic (exact) mass is 262 g/mol. The molecule has 0 aromatic carbocycles. The molecule has 1 aliphatic heterocycles. The molecule has 0 aromatic rings. The van der Waals surface area contributed by atoms with Gasteiger partial charge in [0.15, 0.2) is 9.84 Å². The molecule has 3 atom stereocenters. The average molecular weight is 262 g/mol. The maximum atomic E-state index is 13.1. The maximum Gasteiger partial charge on any atom is 0.296 e. The van der Waals surface area contributed by atoms with Crippen molar-refractivity contribution >= 4 is 20.1 Å². The van der Waals surface area contributed by atoms with Crippen LogP contribution in [0.4, 0.5) is 13.2 Å². The summed E-state index contributed by atoms with van der Waals surface area (Å²) >= 11 is 0. The number of hydrogen-bond donors (Lipinski definition) is 0. The zero-order valence-electron chi connectivity index (χ0n) is 8.41. The van der Waals surface area contributed by atoms with Crippen LogP contribution in [0.3, 0.4) is 0 Å². The Kier molecular flexibility index (Phi) is 3.51. The zero-order chi connectivity index (χ0) is 11.9. The van der Waals surface area contributed by atoms with Gasteiger partial charge in [0.1, 0.15) is 0 Å². The Morgan fingerprint density at radius 3 is 2.40 bits per heavy atom. The lowest BCUT2D eigenvalue weighted by Crippen LogP contribution is -2.40. The van der Waals surface area contributed by atoms with E-state index in [1.165, 1.54) is 0 Å². The summed E-state index contributed by atoms with van der Waals surface area (Å²) in [6.45, 7) is 0.622. The van der Waals surface area contributed by atoms with Crippen molar-refractivity contribution in [1.29, 1.82) is 0 Å². The summed E-state index contributed by atoms with van der Waals surface area (Å²) in [6, 6.07) is 0. The van der Waals surface area contributed by atoms with Gasteiger partial charge in [-0.3, -0.25) is 0 Å². The smallest absolute Gasteiger partial charge is 0.296 e. The maximum absolute atomic E-state index is 13.1. The number of sulfone groups is 1. The number of alkyl halides is 3.